The predicted molar refractivity (Wildman–Crippen MR) is 66.0 cm³/mol. The zero-order valence-corrected chi connectivity index (χ0v) is 10.7. The van der Waals surface area contributed by atoms with Gasteiger partial charge in [0.1, 0.15) is 5.60 Å². The van der Waals surface area contributed by atoms with E-state index >= 15 is 0 Å². The lowest BCUT2D eigenvalue weighted by atomic mass is 9.64. The number of likely N-dealkylation sites (tertiary alicyclic amines) is 1. The quantitative estimate of drug-likeness (QED) is 0.633. The molecule has 2 rings (SSSR count). The Balaban J connectivity index is 2.34. The van der Waals surface area contributed by atoms with Crippen molar-refractivity contribution in [3.63, 3.8) is 0 Å². The highest BCUT2D eigenvalue weighted by molar-refractivity contribution is 5.19. The second-order valence-electron chi connectivity index (χ2n) is 6.13. The molecule has 2 aliphatic rings. The number of terminal acetylenes is 1. The molecule has 2 fully saturated rings. The molecule has 0 bridgehead atoms. The second kappa shape index (κ2) is 3.75. The summed E-state index contributed by atoms with van der Waals surface area (Å²) in [6.45, 7) is 4.36. The maximum absolute atomic E-state index is 10.7. The van der Waals surface area contributed by atoms with Gasteiger partial charge in [0.15, 0.2) is 0 Å². The van der Waals surface area contributed by atoms with Gasteiger partial charge in [0.2, 0.25) is 0 Å². The van der Waals surface area contributed by atoms with E-state index < -0.39 is 5.60 Å². The molecule has 16 heavy (non-hydrogen) atoms. The molecule has 0 radical (unpaired) electrons. The number of fused-ring (bicyclic) bond motifs is 1. The molecule has 0 aromatic rings. The molecule has 1 aliphatic carbocycles. The third-order valence-electron chi connectivity index (χ3n) is 4.75. The Bertz CT molecular complexity index is 317. The van der Waals surface area contributed by atoms with Crippen molar-refractivity contribution in [3.8, 4) is 12.3 Å². The molecule has 1 N–H and O–H groups in total. The van der Waals surface area contributed by atoms with Crippen LogP contribution in [0.3, 0.4) is 0 Å². The van der Waals surface area contributed by atoms with Crippen LogP contribution in [0.2, 0.25) is 0 Å². The van der Waals surface area contributed by atoms with E-state index in [4.69, 9.17) is 6.42 Å². The van der Waals surface area contributed by atoms with E-state index in [2.05, 4.69) is 31.7 Å². The first-order chi connectivity index (χ1) is 7.41. The molecule has 1 aliphatic heterocycles. The predicted octanol–water partition coefficient (Wildman–Crippen LogP) is 2.02. The van der Waals surface area contributed by atoms with Gasteiger partial charge in [-0.3, -0.25) is 4.90 Å². The first kappa shape index (κ1) is 12.0. The normalized spacial score (nSPS) is 43.4. The topological polar surface area (TPSA) is 23.5 Å². The van der Waals surface area contributed by atoms with Gasteiger partial charge in [-0.2, -0.15) is 0 Å². The Morgan fingerprint density at radius 1 is 1.31 bits per heavy atom. The number of piperidine rings is 1. The Kier molecular flexibility index (Phi) is 2.80. The second-order valence-corrected chi connectivity index (χ2v) is 6.13. The minimum Gasteiger partial charge on any atom is -0.377 e. The minimum atomic E-state index is -0.888. The lowest BCUT2D eigenvalue weighted by Crippen LogP contribution is -2.65. The lowest BCUT2D eigenvalue weighted by molar-refractivity contribution is -0.122. The van der Waals surface area contributed by atoms with Crippen molar-refractivity contribution >= 4 is 0 Å². The molecule has 1 unspecified atom stereocenters. The first-order valence-electron chi connectivity index (χ1n) is 6.34. The van der Waals surface area contributed by atoms with Crippen LogP contribution in [0, 0.1) is 18.3 Å². The van der Waals surface area contributed by atoms with Gasteiger partial charge in [0.05, 0.1) is 0 Å². The van der Waals surface area contributed by atoms with Crippen LogP contribution in [-0.4, -0.2) is 34.2 Å². The van der Waals surface area contributed by atoms with Gasteiger partial charge in [-0.1, -0.05) is 18.8 Å². The van der Waals surface area contributed by atoms with E-state index in [1.54, 1.807) is 0 Å². The summed E-state index contributed by atoms with van der Waals surface area (Å²) in [5.41, 5.74) is -0.888. The third kappa shape index (κ3) is 1.67. The van der Waals surface area contributed by atoms with E-state index in [1.807, 2.05) is 0 Å². The molecule has 1 heterocycles. The maximum Gasteiger partial charge on any atom is 0.131 e. The minimum absolute atomic E-state index is 0.000370. The van der Waals surface area contributed by atoms with Crippen LogP contribution in [0.25, 0.3) is 0 Å². The van der Waals surface area contributed by atoms with Gasteiger partial charge in [-0.25, -0.2) is 0 Å². The highest BCUT2D eigenvalue weighted by Crippen LogP contribution is 2.46. The fraction of sp³-hybridized carbons (Fsp3) is 0.857. The van der Waals surface area contributed by atoms with Crippen molar-refractivity contribution < 1.29 is 5.11 Å². The van der Waals surface area contributed by atoms with Crippen LogP contribution < -0.4 is 0 Å². The summed E-state index contributed by atoms with van der Waals surface area (Å²) in [6, 6.07) is 0.457. The van der Waals surface area contributed by atoms with Crippen LogP contribution in [0.15, 0.2) is 0 Å². The molecule has 1 saturated heterocycles. The summed E-state index contributed by atoms with van der Waals surface area (Å²) in [5, 5.41) is 10.7. The van der Waals surface area contributed by atoms with Gasteiger partial charge < -0.3 is 5.11 Å². The number of nitrogens with zero attached hydrogens (tertiary/aromatic N) is 1. The van der Waals surface area contributed by atoms with Crippen molar-refractivity contribution in [2.24, 2.45) is 5.92 Å². The van der Waals surface area contributed by atoms with Crippen molar-refractivity contribution in [3.05, 3.63) is 0 Å². The molecule has 3 atom stereocenters. The van der Waals surface area contributed by atoms with Crippen molar-refractivity contribution in [2.45, 2.75) is 63.1 Å². The monoisotopic (exact) mass is 221 g/mol. The third-order valence-corrected chi connectivity index (χ3v) is 4.75. The molecule has 0 spiro atoms. The average molecular weight is 221 g/mol. The molecule has 1 saturated carbocycles. The largest absolute Gasteiger partial charge is 0.377 e. The maximum atomic E-state index is 10.7. The molecular weight excluding hydrogens is 198 g/mol. The molecule has 90 valence electrons. The zero-order valence-electron chi connectivity index (χ0n) is 10.7. The molecule has 2 nitrogen and oxygen atoms in total. The molecule has 0 aromatic heterocycles. The van der Waals surface area contributed by atoms with Crippen molar-refractivity contribution in [2.75, 3.05) is 7.05 Å². The average Bonchev–Trinajstić information content (AvgIpc) is 2.26. The molecular formula is C14H23NO. The van der Waals surface area contributed by atoms with Crippen molar-refractivity contribution in [1.29, 1.82) is 0 Å². The Hall–Kier alpha value is -0.520. The van der Waals surface area contributed by atoms with Gasteiger partial charge in [0, 0.05) is 23.9 Å². The number of hydrogen-bond acceptors (Lipinski definition) is 2. The number of aliphatic hydroxyl groups is 1. The van der Waals surface area contributed by atoms with Crippen LogP contribution in [0.4, 0.5) is 0 Å². The number of hydrogen-bond donors (Lipinski definition) is 1. The van der Waals surface area contributed by atoms with Crippen LogP contribution in [0.5, 0.6) is 0 Å². The smallest absolute Gasteiger partial charge is 0.131 e. The summed E-state index contributed by atoms with van der Waals surface area (Å²) in [7, 11) is 2.18. The SMILES string of the molecule is C#CC1(O)CC(C)(C)N(C)[C@@H]2CCCC[C@H]21. The van der Waals surface area contributed by atoms with E-state index in [-0.39, 0.29) is 11.5 Å². The Labute approximate surface area is 99.0 Å². The first-order valence-corrected chi connectivity index (χ1v) is 6.34. The van der Waals surface area contributed by atoms with Crippen LogP contribution >= 0.6 is 0 Å². The Morgan fingerprint density at radius 3 is 2.56 bits per heavy atom. The van der Waals surface area contributed by atoms with Gasteiger partial charge in [0.25, 0.3) is 0 Å². The standard InChI is InChI=1S/C14H23NO/c1-5-14(16)10-13(2,3)15(4)12-9-7-6-8-11(12)14/h1,11-12,16H,6-10H2,2-4H3/t11-,12-,14?/m1/s1. The molecule has 0 amide bonds. The lowest BCUT2D eigenvalue weighted by Gasteiger charge is -2.56. The van der Waals surface area contributed by atoms with E-state index in [0.29, 0.717) is 12.5 Å². The highest BCUT2D eigenvalue weighted by atomic mass is 16.3. The number of rotatable bonds is 0. The summed E-state index contributed by atoms with van der Waals surface area (Å²) in [5.74, 6) is 2.95. The Morgan fingerprint density at radius 2 is 1.94 bits per heavy atom. The molecule has 2 heteroatoms. The summed E-state index contributed by atoms with van der Waals surface area (Å²) < 4.78 is 0. The summed E-state index contributed by atoms with van der Waals surface area (Å²) in [4.78, 5) is 2.43. The van der Waals surface area contributed by atoms with Gasteiger partial charge in [-0.05, 0) is 33.7 Å². The highest BCUT2D eigenvalue weighted by Gasteiger charge is 2.52. The van der Waals surface area contributed by atoms with E-state index in [9.17, 15) is 5.11 Å². The van der Waals surface area contributed by atoms with Crippen molar-refractivity contribution in [1.82, 2.24) is 4.90 Å². The zero-order chi connectivity index (χ0) is 12.0. The van der Waals surface area contributed by atoms with Gasteiger partial charge in [-0.15, -0.1) is 6.42 Å². The summed E-state index contributed by atoms with van der Waals surface area (Å²) >= 11 is 0. The van der Waals surface area contributed by atoms with Crippen LogP contribution in [0.1, 0.15) is 46.0 Å². The van der Waals surface area contributed by atoms with Gasteiger partial charge >= 0.3 is 0 Å². The summed E-state index contributed by atoms with van der Waals surface area (Å²) in [6.07, 6.45) is 11.0. The van der Waals surface area contributed by atoms with E-state index in [0.717, 1.165) is 6.42 Å². The molecule has 0 aromatic carbocycles. The van der Waals surface area contributed by atoms with E-state index in [1.165, 1.54) is 19.3 Å². The fourth-order valence-corrected chi connectivity index (χ4v) is 3.65. The van der Waals surface area contributed by atoms with Crippen LogP contribution in [-0.2, 0) is 0 Å². The fourth-order valence-electron chi connectivity index (χ4n) is 3.65.